The minimum atomic E-state index is -0.311. The second-order valence-electron chi connectivity index (χ2n) is 6.33. The van der Waals surface area contributed by atoms with Crippen LogP contribution in [0, 0.1) is 0 Å². The summed E-state index contributed by atoms with van der Waals surface area (Å²) in [7, 11) is 0. The molecule has 4 rings (SSSR count). The Balaban J connectivity index is 1.32. The summed E-state index contributed by atoms with van der Waals surface area (Å²) in [4.78, 5) is 20.7. The van der Waals surface area contributed by atoms with Gasteiger partial charge in [0.15, 0.2) is 11.5 Å². The van der Waals surface area contributed by atoms with E-state index in [2.05, 4.69) is 32.7 Å². The molecule has 0 fully saturated rings. The fraction of sp³-hybridized carbons (Fsp3) is 0.190. The number of hydrogen-bond acceptors (Lipinski definition) is 6. The van der Waals surface area contributed by atoms with Gasteiger partial charge in [-0.25, -0.2) is 9.97 Å². The fourth-order valence-corrected chi connectivity index (χ4v) is 2.90. The van der Waals surface area contributed by atoms with Crippen LogP contribution < -0.4 is 20.1 Å². The van der Waals surface area contributed by atoms with Crippen LogP contribution in [-0.2, 0) is 6.42 Å². The van der Waals surface area contributed by atoms with Gasteiger partial charge in [-0.05, 0) is 30.5 Å². The Hall–Kier alpha value is -3.61. The third-order valence-corrected chi connectivity index (χ3v) is 4.32. The highest BCUT2D eigenvalue weighted by Crippen LogP contribution is 2.34. The molecule has 0 atom stereocenters. The summed E-state index contributed by atoms with van der Waals surface area (Å²) < 4.78 is 10.6. The van der Waals surface area contributed by atoms with Crippen LogP contribution in [0.5, 0.6) is 11.5 Å². The van der Waals surface area contributed by atoms with Crippen molar-refractivity contribution in [3.05, 3.63) is 72.2 Å². The van der Waals surface area contributed by atoms with E-state index in [1.54, 1.807) is 24.3 Å². The van der Waals surface area contributed by atoms with Crippen molar-refractivity contribution in [3.8, 4) is 11.5 Å². The second kappa shape index (κ2) is 8.39. The molecule has 2 heterocycles. The molecule has 0 spiro atoms. The van der Waals surface area contributed by atoms with Crippen LogP contribution in [0.15, 0.2) is 60.9 Å². The third-order valence-electron chi connectivity index (χ3n) is 4.32. The number of ether oxygens (including phenoxy) is 2. The number of fused-ring (bicyclic) bond motifs is 1. The van der Waals surface area contributed by atoms with E-state index >= 15 is 0 Å². The number of carbonyl (C=O) groups excluding carboxylic acids is 1. The molecule has 0 bridgehead atoms. The van der Waals surface area contributed by atoms with Crippen LogP contribution >= 0.6 is 0 Å². The molecule has 7 heteroatoms. The number of aromatic nitrogens is 2. The number of benzene rings is 2. The van der Waals surface area contributed by atoms with Crippen LogP contribution in [0.25, 0.3) is 0 Å². The minimum absolute atomic E-state index is 0.192. The molecule has 1 amide bonds. The monoisotopic (exact) mass is 376 g/mol. The third kappa shape index (κ3) is 4.37. The normalized spacial score (nSPS) is 11.9. The van der Waals surface area contributed by atoms with Crippen molar-refractivity contribution in [2.45, 2.75) is 12.8 Å². The highest BCUT2D eigenvalue weighted by atomic mass is 16.7. The highest BCUT2D eigenvalue weighted by molar-refractivity contribution is 6.03. The van der Waals surface area contributed by atoms with Crippen molar-refractivity contribution >= 4 is 17.4 Å². The lowest BCUT2D eigenvalue weighted by molar-refractivity contribution is 0.102. The molecule has 0 saturated carbocycles. The van der Waals surface area contributed by atoms with Crippen molar-refractivity contribution < 1.29 is 14.3 Å². The summed E-state index contributed by atoms with van der Waals surface area (Å²) in [6.07, 6.45) is 3.33. The first-order valence-electron chi connectivity index (χ1n) is 9.09. The number of anilines is 2. The van der Waals surface area contributed by atoms with Gasteiger partial charge in [0.2, 0.25) is 6.79 Å². The zero-order chi connectivity index (χ0) is 19.2. The molecule has 0 unspecified atom stereocenters. The molecule has 2 N–H and O–H groups in total. The Morgan fingerprint density at radius 1 is 1.00 bits per heavy atom. The zero-order valence-corrected chi connectivity index (χ0v) is 15.2. The quantitative estimate of drug-likeness (QED) is 0.614. The summed E-state index contributed by atoms with van der Waals surface area (Å²) >= 11 is 0. The maximum Gasteiger partial charge on any atom is 0.274 e. The van der Waals surface area contributed by atoms with E-state index in [4.69, 9.17) is 9.47 Å². The first-order chi connectivity index (χ1) is 13.8. The van der Waals surface area contributed by atoms with Gasteiger partial charge in [-0.3, -0.25) is 4.79 Å². The number of carbonyl (C=O) groups is 1. The predicted octanol–water partition coefficient (Wildman–Crippen LogP) is 3.50. The molecule has 0 radical (unpaired) electrons. The SMILES string of the molecule is O=C(Nc1ccc2c(c1)OCO2)c1cc(NCCCc2ccccc2)ncn1. The molecule has 1 aliphatic heterocycles. The van der Waals surface area contributed by atoms with E-state index in [0.717, 1.165) is 19.4 Å². The van der Waals surface area contributed by atoms with Gasteiger partial charge in [0.1, 0.15) is 17.8 Å². The fourth-order valence-electron chi connectivity index (χ4n) is 2.90. The summed E-state index contributed by atoms with van der Waals surface area (Å²) in [5.41, 5.74) is 2.21. The Kier molecular flexibility index (Phi) is 5.33. The summed E-state index contributed by atoms with van der Waals surface area (Å²) in [6.45, 7) is 0.951. The van der Waals surface area contributed by atoms with Crippen molar-refractivity contribution in [1.29, 1.82) is 0 Å². The van der Waals surface area contributed by atoms with E-state index in [9.17, 15) is 4.79 Å². The Bertz CT molecular complexity index is 963. The van der Waals surface area contributed by atoms with Gasteiger partial charge in [-0.15, -0.1) is 0 Å². The molecule has 1 aromatic heterocycles. The molecule has 28 heavy (non-hydrogen) atoms. The number of aryl methyl sites for hydroxylation is 1. The van der Waals surface area contributed by atoms with Gasteiger partial charge in [0.05, 0.1) is 0 Å². The van der Waals surface area contributed by atoms with E-state index < -0.39 is 0 Å². The van der Waals surface area contributed by atoms with Crippen molar-refractivity contribution in [2.75, 3.05) is 24.0 Å². The molecule has 1 aliphatic rings. The van der Waals surface area contributed by atoms with Crippen LogP contribution in [-0.4, -0.2) is 29.2 Å². The lowest BCUT2D eigenvalue weighted by Gasteiger charge is -2.08. The number of hydrogen-bond donors (Lipinski definition) is 2. The summed E-state index contributed by atoms with van der Waals surface area (Å²) in [6, 6.07) is 17.2. The maximum absolute atomic E-state index is 12.5. The van der Waals surface area contributed by atoms with Crippen molar-refractivity contribution in [2.24, 2.45) is 0 Å². The maximum atomic E-state index is 12.5. The van der Waals surface area contributed by atoms with Gasteiger partial charge in [0, 0.05) is 24.4 Å². The molecule has 0 aliphatic carbocycles. The lowest BCUT2D eigenvalue weighted by Crippen LogP contribution is -2.15. The number of nitrogens with one attached hydrogen (secondary N) is 2. The van der Waals surface area contributed by atoms with Gasteiger partial charge >= 0.3 is 0 Å². The number of rotatable bonds is 7. The van der Waals surface area contributed by atoms with Gasteiger partial charge < -0.3 is 20.1 Å². The zero-order valence-electron chi connectivity index (χ0n) is 15.2. The Labute approximate surface area is 162 Å². The van der Waals surface area contributed by atoms with E-state index in [1.807, 2.05) is 18.2 Å². The minimum Gasteiger partial charge on any atom is -0.454 e. The smallest absolute Gasteiger partial charge is 0.274 e. The van der Waals surface area contributed by atoms with Crippen molar-refractivity contribution in [1.82, 2.24) is 9.97 Å². The van der Waals surface area contributed by atoms with Gasteiger partial charge in [-0.1, -0.05) is 30.3 Å². The van der Waals surface area contributed by atoms with Crippen LogP contribution in [0.3, 0.4) is 0 Å². The first kappa shape index (κ1) is 17.8. The number of amides is 1. The molecular formula is C21H20N4O3. The van der Waals surface area contributed by atoms with E-state index in [0.29, 0.717) is 28.7 Å². The Morgan fingerprint density at radius 2 is 1.86 bits per heavy atom. The van der Waals surface area contributed by atoms with Crippen LogP contribution in [0.4, 0.5) is 11.5 Å². The van der Waals surface area contributed by atoms with E-state index in [1.165, 1.54) is 11.9 Å². The molecule has 3 aromatic rings. The molecular weight excluding hydrogens is 356 g/mol. The van der Waals surface area contributed by atoms with E-state index in [-0.39, 0.29) is 12.7 Å². The average Bonchev–Trinajstić information content (AvgIpc) is 3.20. The topological polar surface area (TPSA) is 85.4 Å². The second-order valence-corrected chi connectivity index (χ2v) is 6.33. The predicted molar refractivity (Wildman–Crippen MR) is 106 cm³/mol. The largest absolute Gasteiger partial charge is 0.454 e. The van der Waals surface area contributed by atoms with Crippen molar-refractivity contribution in [3.63, 3.8) is 0 Å². The molecule has 7 nitrogen and oxygen atoms in total. The highest BCUT2D eigenvalue weighted by Gasteiger charge is 2.15. The number of nitrogens with zero attached hydrogens (tertiary/aromatic N) is 2. The standard InChI is InChI=1S/C21H20N4O3/c26-21(25-16-8-9-18-19(11-16)28-14-27-18)17-12-20(24-13-23-17)22-10-4-7-15-5-2-1-3-6-15/h1-3,5-6,8-9,11-13H,4,7,10,14H2,(H,25,26)(H,22,23,24). The first-order valence-corrected chi connectivity index (χ1v) is 9.09. The molecule has 0 saturated heterocycles. The van der Waals surface area contributed by atoms with Gasteiger partial charge in [0.25, 0.3) is 5.91 Å². The lowest BCUT2D eigenvalue weighted by atomic mass is 10.1. The summed E-state index contributed by atoms with van der Waals surface area (Å²) in [5, 5.41) is 6.05. The van der Waals surface area contributed by atoms with Crippen LogP contribution in [0.1, 0.15) is 22.5 Å². The van der Waals surface area contributed by atoms with Gasteiger partial charge in [-0.2, -0.15) is 0 Å². The Morgan fingerprint density at radius 3 is 2.75 bits per heavy atom. The average molecular weight is 376 g/mol. The van der Waals surface area contributed by atoms with Crippen LogP contribution in [0.2, 0.25) is 0 Å². The summed E-state index contributed by atoms with van der Waals surface area (Å²) in [5.74, 6) is 1.59. The molecule has 2 aromatic carbocycles. The molecule has 142 valence electrons.